The maximum Gasteiger partial charge on any atom is 0.313 e. The van der Waals surface area contributed by atoms with E-state index in [0.717, 1.165) is 5.56 Å². The number of carbonyl (C=O) groups is 2. The van der Waals surface area contributed by atoms with Crippen LogP contribution in [0.2, 0.25) is 0 Å². The minimum atomic E-state index is -0.702. The van der Waals surface area contributed by atoms with Crippen LogP contribution < -0.4 is 5.32 Å². The van der Waals surface area contributed by atoms with Gasteiger partial charge in [0.15, 0.2) is 0 Å². The minimum Gasteiger partial charge on any atom is -0.395 e. The molecular weight excluding hydrogens is 220 g/mol. The Bertz CT molecular complexity index is 418. The Morgan fingerprint density at radius 3 is 2.71 bits per heavy atom. The van der Waals surface area contributed by atoms with E-state index in [-0.39, 0.29) is 13.2 Å². The van der Waals surface area contributed by atoms with Crippen molar-refractivity contribution < 1.29 is 14.7 Å². The minimum absolute atomic E-state index is 0.139. The van der Waals surface area contributed by atoms with E-state index in [1.54, 1.807) is 18.2 Å². The van der Waals surface area contributed by atoms with Crippen molar-refractivity contribution in [2.45, 2.75) is 6.92 Å². The molecule has 0 heterocycles. The molecule has 0 saturated carbocycles. The molecule has 0 aliphatic rings. The second kappa shape index (κ2) is 6.00. The number of aliphatic hydroxyl groups is 1. The van der Waals surface area contributed by atoms with Crippen LogP contribution in [-0.4, -0.2) is 42.0 Å². The summed E-state index contributed by atoms with van der Waals surface area (Å²) < 4.78 is 0. The average Bonchev–Trinajstić information content (AvgIpc) is 2.28. The highest BCUT2D eigenvalue weighted by molar-refractivity contribution is 6.39. The van der Waals surface area contributed by atoms with Gasteiger partial charge in [0.05, 0.1) is 6.61 Å². The molecule has 0 aliphatic carbocycles. The van der Waals surface area contributed by atoms with Gasteiger partial charge in [0.2, 0.25) is 0 Å². The zero-order valence-corrected chi connectivity index (χ0v) is 9.93. The molecule has 1 aromatic carbocycles. The van der Waals surface area contributed by atoms with Crippen molar-refractivity contribution in [2.75, 3.05) is 25.5 Å². The normalized spacial score (nSPS) is 9.82. The van der Waals surface area contributed by atoms with E-state index < -0.39 is 11.8 Å². The van der Waals surface area contributed by atoms with Crippen LogP contribution in [0.3, 0.4) is 0 Å². The molecule has 2 N–H and O–H groups in total. The summed E-state index contributed by atoms with van der Waals surface area (Å²) in [5.41, 5.74) is 1.58. The number of hydrogen-bond donors (Lipinski definition) is 2. The second-order valence-electron chi connectivity index (χ2n) is 3.77. The molecule has 0 spiro atoms. The number of aliphatic hydroxyl groups excluding tert-OH is 1. The molecule has 2 amide bonds. The molecule has 0 aliphatic heterocycles. The summed E-state index contributed by atoms with van der Waals surface area (Å²) in [7, 11) is 1.47. The Kier molecular flexibility index (Phi) is 4.66. The van der Waals surface area contributed by atoms with Crippen LogP contribution in [0.4, 0.5) is 5.69 Å². The molecule has 0 bridgehead atoms. The Labute approximate surface area is 100 Å². The molecule has 0 unspecified atom stereocenters. The van der Waals surface area contributed by atoms with Crippen LogP contribution in [0.1, 0.15) is 5.56 Å². The number of anilines is 1. The number of nitrogens with zero attached hydrogens (tertiary/aromatic N) is 1. The van der Waals surface area contributed by atoms with Gasteiger partial charge >= 0.3 is 11.8 Å². The summed E-state index contributed by atoms with van der Waals surface area (Å²) in [5.74, 6) is -1.37. The van der Waals surface area contributed by atoms with Crippen molar-refractivity contribution in [3.63, 3.8) is 0 Å². The van der Waals surface area contributed by atoms with E-state index >= 15 is 0 Å². The first-order valence-electron chi connectivity index (χ1n) is 5.28. The number of amides is 2. The van der Waals surface area contributed by atoms with Crippen LogP contribution in [0, 0.1) is 6.92 Å². The Morgan fingerprint density at radius 1 is 1.41 bits per heavy atom. The van der Waals surface area contributed by atoms with E-state index in [4.69, 9.17) is 5.11 Å². The first kappa shape index (κ1) is 13.2. The molecule has 0 atom stereocenters. The third kappa shape index (κ3) is 3.88. The molecule has 1 aromatic rings. The fraction of sp³-hybridized carbons (Fsp3) is 0.333. The summed E-state index contributed by atoms with van der Waals surface area (Å²) in [6.07, 6.45) is 0. The third-order valence-electron chi connectivity index (χ3n) is 2.25. The van der Waals surface area contributed by atoms with Crippen molar-refractivity contribution in [3.05, 3.63) is 29.8 Å². The summed E-state index contributed by atoms with van der Waals surface area (Å²) in [6, 6.07) is 7.18. The highest BCUT2D eigenvalue weighted by Crippen LogP contribution is 2.09. The zero-order chi connectivity index (χ0) is 12.8. The van der Waals surface area contributed by atoms with Crippen LogP contribution >= 0.6 is 0 Å². The Hall–Kier alpha value is -1.88. The maximum absolute atomic E-state index is 11.6. The first-order valence-corrected chi connectivity index (χ1v) is 5.28. The van der Waals surface area contributed by atoms with Crippen LogP contribution in [0.5, 0.6) is 0 Å². The van der Waals surface area contributed by atoms with Gasteiger partial charge in [-0.2, -0.15) is 0 Å². The van der Waals surface area contributed by atoms with Gasteiger partial charge in [0, 0.05) is 19.3 Å². The van der Waals surface area contributed by atoms with E-state index in [9.17, 15) is 9.59 Å². The molecule has 5 nitrogen and oxygen atoms in total. The van der Waals surface area contributed by atoms with Crippen molar-refractivity contribution in [3.8, 4) is 0 Å². The smallest absolute Gasteiger partial charge is 0.313 e. The van der Waals surface area contributed by atoms with Crippen LogP contribution in [0.15, 0.2) is 24.3 Å². The maximum atomic E-state index is 11.6. The average molecular weight is 236 g/mol. The lowest BCUT2D eigenvalue weighted by Crippen LogP contribution is -2.38. The summed E-state index contributed by atoms with van der Waals surface area (Å²) in [6.45, 7) is 1.87. The van der Waals surface area contributed by atoms with Gasteiger partial charge < -0.3 is 15.3 Å². The molecule has 1 rings (SSSR count). The standard InChI is InChI=1S/C12H16N2O3/c1-9-4-3-5-10(8-9)13-11(16)12(17)14(2)6-7-15/h3-5,8,15H,6-7H2,1-2H3,(H,13,16). The topological polar surface area (TPSA) is 69.6 Å². The number of nitrogens with one attached hydrogen (secondary N) is 1. The predicted molar refractivity (Wildman–Crippen MR) is 64.5 cm³/mol. The highest BCUT2D eigenvalue weighted by Gasteiger charge is 2.17. The number of carbonyl (C=O) groups excluding carboxylic acids is 2. The molecule has 0 saturated heterocycles. The van der Waals surface area contributed by atoms with Crippen LogP contribution in [0.25, 0.3) is 0 Å². The molecule has 17 heavy (non-hydrogen) atoms. The van der Waals surface area contributed by atoms with E-state index in [1.807, 2.05) is 13.0 Å². The molecule has 92 valence electrons. The van der Waals surface area contributed by atoms with E-state index in [1.165, 1.54) is 11.9 Å². The fourth-order valence-electron chi connectivity index (χ4n) is 1.33. The summed E-state index contributed by atoms with van der Waals surface area (Å²) in [5, 5.41) is 11.2. The lowest BCUT2D eigenvalue weighted by molar-refractivity contribution is -0.142. The van der Waals surface area contributed by atoms with Gasteiger partial charge in [-0.1, -0.05) is 12.1 Å². The second-order valence-corrected chi connectivity index (χ2v) is 3.77. The zero-order valence-electron chi connectivity index (χ0n) is 9.93. The Balaban J connectivity index is 2.63. The van der Waals surface area contributed by atoms with Gasteiger partial charge in [0.1, 0.15) is 0 Å². The van der Waals surface area contributed by atoms with Crippen molar-refractivity contribution >= 4 is 17.5 Å². The van der Waals surface area contributed by atoms with Gasteiger partial charge in [-0.25, -0.2) is 0 Å². The first-order chi connectivity index (χ1) is 8.04. The quantitative estimate of drug-likeness (QED) is 0.746. The third-order valence-corrected chi connectivity index (χ3v) is 2.25. The number of hydrogen-bond acceptors (Lipinski definition) is 3. The number of benzene rings is 1. The van der Waals surface area contributed by atoms with Gasteiger partial charge in [-0.05, 0) is 24.6 Å². The number of rotatable bonds is 3. The van der Waals surface area contributed by atoms with Crippen molar-refractivity contribution in [1.82, 2.24) is 4.90 Å². The fourth-order valence-corrected chi connectivity index (χ4v) is 1.33. The Morgan fingerprint density at radius 2 is 2.12 bits per heavy atom. The van der Waals surface area contributed by atoms with Gasteiger partial charge in [-0.15, -0.1) is 0 Å². The van der Waals surface area contributed by atoms with Crippen molar-refractivity contribution in [2.24, 2.45) is 0 Å². The molecule has 5 heteroatoms. The lowest BCUT2D eigenvalue weighted by Gasteiger charge is -2.15. The SMILES string of the molecule is Cc1cccc(NC(=O)C(=O)N(C)CCO)c1. The van der Waals surface area contributed by atoms with Crippen LogP contribution in [-0.2, 0) is 9.59 Å². The monoisotopic (exact) mass is 236 g/mol. The highest BCUT2D eigenvalue weighted by atomic mass is 16.3. The van der Waals surface area contributed by atoms with E-state index in [0.29, 0.717) is 5.69 Å². The molecule has 0 fully saturated rings. The van der Waals surface area contributed by atoms with Gasteiger partial charge in [-0.3, -0.25) is 9.59 Å². The molecule has 0 radical (unpaired) electrons. The summed E-state index contributed by atoms with van der Waals surface area (Å²) >= 11 is 0. The summed E-state index contributed by atoms with van der Waals surface area (Å²) in [4.78, 5) is 24.3. The molecule has 0 aromatic heterocycles. The number of aryl methyl sites for hydroxylation is 1. The largest absolute Gasteiger partial charge is 0.395 e. The van der Waals surface area contributed by atoms with Crippen molar-refractivity contribution in [1.29, 1.82) is 0 Å². The molecular formula is C12H16N2O3. The lowest BCUT2D eigenvalue weighted by atomic mass is 10.2. The van der Waals surface area contributed by atoms with E-state index in [2.05, 4.69) is 5.32 Å². The number of likely N-dealkylation sites (N-methyl/N-ethyl adjacent to an activating group) is 1. The van der Waals surface area contributed by atoms with Gasteiger partial charge in [0.25, 0.3) is 0 Å². The predicted octanol–water partition coefficient (Wildman–Crippen LogP) is 0.384.